The lowest BCUT2D eigenvalue weighted by Gasteiger charge is -2.39. The lowest BCUT2D eigenvalue weighted by Crippen LogP contribution is -2.54. The van der Waals surface area contributed by atoms with Crippen LogP contribution in [0.15, 0.2) is 32.9 Å². The molecule has 0 saturated carbocycles. The summed E-state index contributed by atoms with van der Waals surface area (Å²) in [5.41, 5.74) is -0.419. The van der Waals surface area contributed by atoms with Gasteiger partial charge in [-0.3, -0.25) is 4.79 Å². The van der Waals surface area contributed by atoms with Crippen molar-refractivity contribution in [1.82, 2.24) is 9.88 Å². The van der Waals surface area contributed by atoms with Crippen molar-refractivity contribution in [3.63, 3.8) is 0 Å². The zero-order valence-corrected chi connectivity index (χ0v) is 14.7. The van der Waals surface area contributed by atoms with E-state index in [1.165, 1.54) is 6.07 Å². The normalized spacial score (nSPS) is 20.6. The molecule has 1 atom stereocenters. The SMILES string of the molecule is Cc1cc(OC2CCN(C(=O)C3CN(c4nccs4)C3)C2)cc(=O)o1. The molecule has 4 rings (SSSR count). The zero-order valence-electron chi connectivity index (χ0n) is 13.9. The largest absolute Gasteiger partial charge is 0.488 e. The predicted octanol–water partition coefficient (Wildman–Crippen LogP) is 1.52. The second-order valence-corrected chi connectivity index (χ2v) is 7.33. The van der Waals surface area contributed by atoms with Gasteiger partial charge in [0.15, 0.2) is 5.13 Å². The molecule has 2 aromatic heterocycles. The van der Waals surface area contributed by atoms with Gasteiger partial charge < -0.3 is 19.0 Å². The van der Waals surface area contributed by atoms with E-state index in [2.05, 4.69) is 9.88 Å². The summed E-state index contributed by atoms with van der Waals surface area (Å²) in [6, 6.07) is 3.04. The van der Waals surface area contributed by atoms with Crippen molar-refractivity contribution in [2.75, 3.05) is 31.1 Å². The van der Waals surface area contributed by atoms with E-state index < -0.39 is 5.63 Å². The molecule has 2 aromatic rings. The number of nitrogens with zero attached hydrogens (tertiary/aromatic N) is 3. The number of aromatic nitrogens is 1. The minimum absolute atomic E-state index is 0.0358. The lowest BCUT2D eigenvalue weighted by atomic mass is 9.99. The van der Waals surface area contributed by atoms with Crippen LogP contribution < -0.4 is 15.3 Å². The fourth-order valence-electron chi connectivity index (χ4n) is 3.28. The van der Waals surface area contributed by atoms with Gasteiger partial charge in [-0.05, 0) is 6.92 Å². The van der Waals surface area contributed by atoms with Gasteiger partial charge in [0, 0.05) is 43.7 Å². The molecular weight excluding hydrogens is 342 g/mol. The highest BCUT2D eigenvalue weighted by Crippen LogP contribution is 2.28. The molecule has 2 saturated heterocycles. The number of anilines is 1. The molecular formula is C17H19N3O4S. The van der Waals surface area contributed by atoms with Gasteiger partial charge in [-0.15, -0.1) is 11.3 Å². The summed E-state index contributed by atoms with van der Waals surface area (Å²) in [5, 5.41) is 2.92. The molecule has 7 nitrogen and oxygen atoms in total. The fourth-order valence-corrected chi connectivity index (χ4v) is 3.95. The van der Waals surface area contributed by atoms with Crippen LogP contribution in [0.4, 0.5) is 5.13 Å². The molecule has 4 heterocycles. The van der Waals surface area contributed by atoms with Crippen LogP contribution in [-0.4, -0.2) is 48.1 Å². The molecule has 0 aromatic carbocycles. The van der Waals surface area contributed by atoms with Gasteiger partial charge in [-0.2, -0.15) is 0 Å². The van der Waals surface area contributed by atoms with Gasteiger partial charge >= 0.3 is 5.63 Å². The third-order valence-electron chi connectivity index (χ3n) is 4.55. The molecule has 0 spiro atoms. The number of carbonyl (C=O) groups is 1. The molecule has 1 amide bonds. The minimum atomic E-state index is -0.419. The van der Waals surface area contributed by atoms with E-state index in [1.807, 2.05) is 10.3 Å². The van der Waals surface area contributed by atoms with E-state index in [9.17, 15) is 9.59 Å². The van der Waals surface area contributed by atoms with E-state index in [1.54, 1.807) is 30.5 Å². The summed E-state index contributed by atoms with van der Waals surface area (Å²) >= 11 is 1.59. The first kappa shape index (κ1) is 16.1. The molecule has 2 fully saturated rings. The van der Waals surface area contributed by atoms with Crippen LogP contribution in [-0.2, 0) is 4.79 Å². The van der Waals surface area contributed by atoms with Crippen molar-refractivity contribution in [3.8, 4) is 5.75 Å². The minimum Gasteiger partial charge on any atom is -0.488 e. The average Bonchev–Trinajstić information content (AvgIpc) is 3.16. The first-order chi connectivity index (χ1) is 12.1. The second kappa shape index (κ2) is 6.51. The van der Waals surface area contributed by atoms with Gasteiger partial charge in [0.25, 0.3) is 0 Å². The van der Waals surface area contributed by atoms with E-state index in [0.29, 0.717) is 24.6 Å². The number of likely N-dealkylation sites (tertiary alicyclic amines) is 1. The predicted molar refractivity (Wildman–Crippen MR) is 93.1 cm³/mol. The molecule has 0 N–H and O–H groups in total. The topological polar surface area (TPSA) is 75.9 Å². The van der Waals surface area contributed by atoms with Gasteiger partial charge in [0.2, 0.25) is 5.91 Å². The fraction of sp³-hybridized carbons (Fsp3) is 0.471. The Morgan fingerprint density at radius 2 is 2.20 bits per heavy atom. The van der Waals surface area contributed by atoms with Crippen molar-refractivity contribution in [1.29, 1.82) is 0 Å². The Kier molecular flexibility index (Phi) is 4.20. The van der Waals surface area contributed by atoms with E-state index in [4.69, 9.17) is 9.15 Å². The standard InChI is InChI=1S/C17H19N3O4S/c1-11-6-14(7-15(21)23-11)24-13-2-4-19(10-13)16(22)12-8-20(9-12)17-18-3-5-25-17/h3,5-7,12-13H,2,4,8-10H2,1H3. The first-order valence-corrected chi connectivity index (χ1v) is 9.18. The van der Waals surface area contributed by atoms with Crippen molar-refractivity contribution in [3.05, 3.63) is 39.9 Å². The van der Waals surface area contributed by atoms with Crippen molar-refractivity contribution < 1.29 is 13.9 Å². The van der Waals surface area contributed by atoms with Gasteiger partial charge in [0.1, 0.15) is 17.6 Å². The smallest absolute Gasteiger partial charge is 0.339 e. The maximum atomic E-state index is 12.6. The van der Waals surface area contributed by atoms with Crippen molar-refractivity contribution in [2.24, 2.45) is 5.92 Å². The lowest BCUT2D eigenvalue weighted by molar-refractivity contribution is -0.135. The monoisotopic (exact) mass is 361 g/mol. The molecule has 2 aliphatic rings. The highest BCUT2D eigenvalue weighted by Gasteiger charge is 2.39. The van der Waals surface area contributed by atoms with Crippen LogP contribution >= 0.6 is 11.3 Å². The summed E-state index contributed by atoms with van der Waals surface area (Å²) < 4.78 is 10.8. The van der Waals surface area contributed by atoms with Crippen LogP contribution in [0.2, 0.25) is 0 Å². The molecule has 25 heavy (non-hydrogen) atoms. The maximum Gasteiger partial charge on any atom is 0.339 e. The van der Waals surface area contributed by atoms with Crippen molar-refractivity contribution >= 4 is 22.4 Å². The Hall–Kier alpha value is -2.35. The highest BCUT2D eigenvalue weighted by atomic mass is 32.1. The highest BCUT2D eigenvalue weighted by molar-refractivity contribution is 7.13. The third kappa shape index (κ3) is 3.39. The zero-order chi connectivity index (χ0) is 17.4. The Morgan fingerprint density at radius 3 is 2.92 bits per heavy atom. The Balaban J connectivity index is 1.30. The Morgan fingerprint density at radius 1 is 1.36 bits per heavy atom. The quantitative estimate of drug-likeness (QED) is 0.822. The number of carbonyl (C=O) groups excluding carboxylic acids is 1. The van der Waals surface area contributed by atoms with Gasteiger partial charge in [0.05, 0.1) is 18.5 Å². The number of rotatable bonds is 4. The first-order valence-electron chi connectivity index (χ1n) is 8.30. The van der Waals surface area contributed by atoms with E-state index in [0.717, 1.165) is 24.6 Å². The average molecular weight is 361 g/mol. The molecule has 0 bridgehead atoms. The molecule has 1 unspecified atom stereocenters. The second-order valence-electron chi connectivity index (χ2n) is 6.45. The van der Waals surface area contributed by atoms with E-state index >= 15 is 0 Å². The Bertz CT molecular complexity index is 814. The van der Waals surface area contributed by atoms with Crippen LogP contribution in [0.1, 0.15) is 12.2 Å². The van der Waals surface area contributed by atoms with Crippen molar-refractivity contribution in [2.45, 2.75) is 19.4 Å². The number of aryl methyl sites for hydroxylation is 1. The summed E-state index contributed by atoms with van der Waals surface area (Å²) in [6.45, 7) is 4.42. The number of ether oxygens (including phenoxy) is 1. The van der Waals surface area contributed by atoms with Crippen LogP contribution in [0.25, 0.3) is 0 Å². The van der Waals surface area contributed by atoms with Crippen LogP contribution in [0.5, 0.6) is 5.75 Å². The van der Waals surface area contributed by atoms with E-state index in [-0.39, 0.29) is 17.9 Å². The molecule has 0 radical (unpaired) electrons. The summed E-state index contributed by atoms with van der Waals surface area (Å²) in [5.74, 6) is 1.24. The van der Waals surface area contributed by atoms with Gasteiger partial charge in [-0.1, -0.05) is 0 Å². The molecule has 8 heteroatoms. The number of hydrogen-bond donors (Lipinski definition) is 0. The Labute approximate surface area is 148 Å². The van der Waals surface area contributed by atoms with Crippen LogP contribution in [0.3, 0.4) is 0 Å². The number of amides is 1. The molecule has 132 valence electrons. The number of hydrogen-bond acceptors (Lipinski definition) is 7. The molecule has 0 aliphatic carbocycles. The maximum absolute atomic E-state index is 12.6. The van der Waals surface area contributed by atoms with Gasteiger partial charge in [-0.25, -0.2) is 9.78 Å². The number of thiazole rings is 1. The third-order valence-corrected chi connectivity index (χ3v) is 5.38. The summed E-state index contributed by atoms with van der Waals surface area (Å²) in [7, 11) is 0. The van der Waals surface area contributed by atoms with Crippen LogP contribution in [0, 0.1) is 12.8 Å². The molecule has 2 aliphatic heterocycles. The summed E-state index contributed by atoms with van der Waals surface area (Å²) in [4.78, 5) is 32.3. The summed E-state index contributed by atoms with van der Waals surface area (Å²) in [6.07, 6.45) is 2.47.